The van der Waals surface area contributed by atoms with Gasteiger partial charge in [0, 0.05) is 24.6 Å². The van der Waals surface area contributed by atoms with Gasteiger partial charge < -0.3 is 14.6 Å². The van der Waals surface area contributed by atoms with E-state index in [9.17, 15) is 23.6 Å². The summed E-state index contributed by atoms with van der Waals surface area (Å²) < 4.78 is 24.7. The van der Waals surface area contributed by atoms with Gasteiger partial charge in [-0.1, -0.05) is 0 Å². The van der Waals surface area contributed by atoms with Crippen molar-refractivity contribution in [2.24, 2.45) is 0 Å². The number of hydrogen-bond donors (Lipinski definition) is 1. The summed E-state index contributed by atoms with van der Waals surface area (Å²) in [6, 6.07) is 0. The van der Waals surface area contributed by atoms with Crippen molar-refractivity contribution in [3.05, 3.63) is 11.8 Å². The molecule has 9 heteroatoms. The van der Waals surface area contributed by atoms with Crippen LogP contribution in [0.4, 0.5) is 4.39 Å². The molecule has 0 radical (unpaired) electrons. The zero-order valence-corrected chi connectivity index (χ0v) is 13.8. The van der Waals surface area contributed by atoms with Crippen LogP contribution in [0.15, 0.2) is 11.8 Å². The molecule has 0 aliphatic carbocycles. The summed E-state index contributed by atoms with van der Waals surface area (Å²) in [5, 5.41) is 8.48. The fourth-order valence-corrected chi connectivity index (χ4v) is 2.58. The van der Waals surface area contributed by atoms with Crippen molar-refractivity contribution in [3.8, 4) is 0 Å². The number of amides is 1. The molecule has 0 aromatic carbocycles. The lowest BCUT2D eigenvalue weighted by Crippen LogP contribution is -2.40. The highest BCUT2D eigenvalue weighted by Gasteiger charge is 2.41. The molecule has 25 heavy (non-hydrogen) atoms. The third-order valence-electron chi connectivity index (χ3n) is 4.01. The average Bonchev–Trinajstić information content (AvgIpc) is 2.90. The topological polar surface area (TPSA) is 110 Å². The monoisotopic (exact) mass is 357 g/mol. The number of hydrogen-bond acceptors (Lipinski definition) is 6. The molecule has 2 aliphatic rings. The molecule has 3 atom stereocenters. The number of aliphatic carboxylic acids is 1. The third-order valence-corrected chi connectivity index (χ3v) is 4.01. The van der Waals surface area contributed by atoms with Gasteiger partial charge in [-0.3, -0.25) is 24.1 Å². The lowest BCUT2D eigenvalue weighted by atomic mass is 10.1. The fraction of sp³-hybridized carbons (Fsp3) is 0.625. The van der Waals surface area contributed by atoms with Crippen molar-refractivity contribution < 1.29 is 38.1 Å². The van der Waals surface area contributed by atoms with E-state index < -0.39 is 36.2 Å². The maximum Gasteiger partial charge on any atom is 0.303 e. The van der Waals surface area contributed by atoms with Crippen molar-refractivity contribution in [2.75, 3.05) is 13.2 Å². The molecule has 1 N–H and O–H groups in total. The van der Waals surface area contributed by atoms with Crippen LogP contribution in [-0.4, -0.2) is 65.2 Å². The van der Waals surface area contributed by atoms with E-state index in [1.165, 1.54) is 11.1 Å². The van der Waals surface area contributed by atoms with Crippen molar-refractivity contribution in [2.45, 2.75) is 51.1 Å². The first-order chi connectivity index (χ1) is 11.8. The molecule has 2 heterocycles. The molecule has 1 amide bonds. The number of ketones is 2. The minimum Gasteiger partial charge on any atom is -0.481 e. The summed E-state index contributed by atoms with van der Waals surface area (Å²) in [7, 11) is 0. The number of carboxylic acid groups (broad SMARTS) is 1. The van der Waals surface area contributed by atoms with Crippen LogP contribution in [0.5, 0.6) is 0 Å². The van der Waals surface area contributed by atoms with Gasteiger partial charge in [0.25, 0.3) is 0 Å². The molecular formula is C16H20FNO7. The Morgan fingerprint density at radius 2 is 2.12 bits per heavy atom. The number of carbonyl (C=O) groups is 4. The highest BCUT2D eigenvalue weighted by Crippen LogP contribution is 2.29. The molecular weight excluding hydrogens is 337 g/mol. The Balaban J connectivity index is 1.81. The van der Waals surface area contributed by atoms with Crippen LogP contribution in [0.25, 0.3) is 0 Å². The number of carbonyl (C=O) groups excluding carboxylic acids is 3. The maximum absolute atomic E-state index is 14.1. The first-order valence-corrected chi connectivity index (χ1v) is 7.91. The lowest BCUT2D eigenvalue weighted by Gasteiger charge is -2.28. The molecule has 0 aromatic heterocycles. The maximum atomic E-state index is 14.1. The Morgan fingerprint density at radius 1 is 1.40 bits per heavy atom. The molecule has 2 aliphatic heterocycles. The highest BCUT2D eigenvalue weighted by atomic mass is 19.1. The van der Waals surface area contributed by atoms with E-state index in [-0.39, 0.29) is 44.7 Å². The molecule has 1 saturated heterocycles. The van der Waals surface area contributed by atoms with Gasteiger partial charge in [-0.25, -0.2) is 4.39 Å². The second-order valence-corrected chi connectivity index (χ2v) is 6.04. The first-order valence-electron chi connectivity index (χ1n) is 7.91. The Kier molecular flexibility index (Phi) is 6.38. The van der Waals surface area contributed by atoms with E-state index in [0.717, 1.165) is 0 Å². The zero-order chi connectivity index (χ0) is 18.6. The second-order valence-electron chi connectivity index (χ2n) is 6.04. The second kappa shape index (κ2) is 8.30. The molecule has 8 nitrogen and oxygen atoms in total. The van der Waals surface area contributed by atoms with Crippen LogP contribution >= 0.6 is 0 Å². The lowest BCUT2D eigenvalue weighted by molar-refractivity contribution is -0.145. The van der Waals surface area contributed by atoms with Gasteiger partial charge in [-0.05, 0) is 6.92 Å². The van der Waals surface area contributed by atoms with Crippen LogP contribution in [0.2, 0.25) is 0 Å². The summed E-state index contributed by atoms with van der Waals surface area (Å²) in [5.41, 5.74) is 0.405. The molecule has 0 saturated carbocycles. The number of nitrogens with zero attached hydrogens (tertiary/aromatic N) is 1. The van der Waals surface area contributed by atoms with Gasteiger partial charge in [0.2, 0.25) is 5.91 Å². The largest absolute Gasteiger partial charge is 0.481 e. The molecule has 2 rings (SSSR count). The van der Waals surface area contributed by atoms with Gasteiger partial charge in [-0.2, -0.15) is 0 Å². The Labute approximate surface area is 143 Å². The minimum absolute atomic E-state index is 0.0509. The van der Waals surface area contributed by atoms with Crippen molar-refractivity contribution >= 4 is 23.4 Å². The summed E-state index contributed by atoms with van der Waals surface area (Å²) in [5.74, 6) is -2.18. The van der Waals surface area contributed by atoms with Crippen LogP contribution in [0.1, 0.15) is 32.6 Å². The number of halogens is 1. The molecule has 138 valence electrons. The number of rotatable bonds is 8. The quantitative estimate of drug-likeness (QED) is 0.633. The SMILES string of the molecule is CC1=CN(C2CC(F)C(COCC(=O)CCC(=O)O)O2)C(=O)CC1=O. The molecule has 0 spiro atoms. The Morgan fingerprint density at radius 3 is 2.80 bits per heavy atom. The van der Waals surface area contributed by atoms with Crippen LogP contribution in [0, 0.1) is 0 Å². The van der Waals surface area contributed by atoms with E-state index in [4.69, 9.17) is 14.6 Å². The summed E-state index contributed by atoms with van der Waals surface area (Å²) in [6.45, 7) is 1.08. The standard InChI is InChI=1S/C16H20FNO7/c1-9-6-18(14(21)5-12(9)20)15-4-11(17)13(25-15)8-24-7-10(19)2-3-16(22)23/h6,11,13,15H,2-5,7-8H2,1H3,(H,22,23). The predicted molar refractivity (Wildman–Crippen MR) is 81.1 cm³/mol. The van der Waals surface area contributed by atoms with Crippen LogP contribution < -0.4 is 0 Å². The van der Waals surface area contributed by atoms with E-state index in [1.54, 1.807) is 6.92 Å². The average molecular weight is 357 g/mol. The predicted octanol–water partition coefficient (Wildman–Crippen LogP) is 0.595. The molecule has 3 unspecified atom stereocenters. The van der Waals surface area contributed by atoms with Gasteiger partial charge in [0.05, 0.1) is 19.4 Å². The van der Waals surface area contributed by atoms with E-state index in [2.05, 4.69) is 0 Å². The number of alkyl halides is 1. The number of ether oxygens (including phenoxy) is 2. The van der Waals surface area contributed by atoms with Gasteiger partial charge in [-0.15, -0.1) is 0 Å². The molecule has 1 fully saturated rings. The highest BCUT2D eigenvalue weighted by molar-refractivity contribution is 6.09. The van der Waals surface area contributed by atoms with Crippen LogP contribution in [-0.2, 0) is 28.7 Å². The third kappa shape index (κ3) is 5.17. The van der Waals surface area contributed by atoms with E-state index in [0.29, 0.717) is 5.57 Å². The first kappa shape index (κ1) is 19.2. The van der Waals surface area contributed by atoms with E-state index in [1.807, 2.05) is 0 Å². The summed E-state index contributed by atoms with van der Waals surface area (Å²) in [4.78, 5) is 46.4. The Hall–Kier alpha value is -2.13. The summed E-state index contributed by atoms with van der Waals surface area (Å²) in [6.07, 6.45) is -2.51. The Bertz CT molecular complexity index is 603. The number of carboxylic acids is 1. The minimum atomic E-state index is -1.38. The van der Waals surface area contributed by atoms with Crippen molar-refractivity contribution in [1.29, 1.82) is 0 Å². The van der Waals surface area contributed by atoms with Gasteiger partial charge in [0.15, 0.2) is 11.6 Å². The number of allylic oxidation sites excluding steroid dienone is 1. The normalized spacial score (nSPS) is 26.7. The number of Topliss-reactive ketones (excluding diaryl/α,β-unsaturated/α-hetero) is 2. The van der Waals surface area contributed by atoms with Crippen LogP contribution in [0.3, 0.4) is 0 Å². The molecule has 0 bridgehead atoms. The molecule has 0 aromatic rings. The zero-order valence-electron chi connectivity index (χ0n) is 13.8. The summed E-state index contributed by atoms with van der Waals surface area (Å²) >= 11 is 0. The van der Waals surface area contributed by atoms with Crippen molar-refractivity contribution in [3.63, 3.8) is 0 Å². The van der Waals surface area contributed by atoms with Gasteiger partial charge >= 0.3 is 5.97 Å². The fourth-order valence-electron chi connectivity index (χ4n) is 2.58. The van der Waals surface area contributed by atoms with Crippen molar-refractivity contribution in [1.82, 2.24) is 4.90 Å². The smallest absolute Gasteiger partial charge is 0.303 e. The van der Waals surface area contributed by atoms with E-state index >= 15 is 0 Å². The van der Waals surface area contributed by atoms with Gasteiger partial charge in [0.1, 0.15) is 25.1 Å².